The quantitative estimate of drug-likeness (QED) is 0.792. The van der Waals surface area contributed by atoms with Gasteiger partial charge in [-0.2, -0.15) is 0 Å². The van der Waals surface area contributed by atoms with Gasteiger partial charge in [0.1, 0.15) is 0 Å². The van der Waals surface area contributed by atoms with E-state index < -0.39 is 5.97 Å². The van der Waals surface area contributed by atoms with Crippen LogP contribution in [0.4, 0.5) is 5.69 Å². The summed E-state index contributed by atoms with van der Waals surface area (Å²) in [5.41, 5.74) is 1.68. The molecule has 1 aliphatic rings. The Labute approximate surface area is 100 Å². The Balaban J connectivity index is 2.34. The second kappa shape index (κ2) is 5.14. The number of carbonyl (C=O) groups is 1. The van der Waals surface area contributed by atoms with Gasteiger partial charge >= 0.3 is 5.97 Å². The fourth-order valence-corrected chi connectivity index (χ4v) is 2.02. The number of aromatic nitrogens is 1. The van der Waals surface area contributed by atoms with Crippen molar-refractivity contribution in [2.24, 2.45) is 0 Å². The molecule has 2 rings (SSSR count). The van der Waals surface area contributed by atoms with Crippen LogP contribution in [0.15, 0.2) is 12.1 Å². The third-order valence-electron chi connectivity index (χ3n) is 2.89. The van der Waals surface area contributed by atoms with Gasteiger partial charge in [-0.05, 0) is 25.0 Å². The van der Waals surface area contributed by atoms with Crippen molar-refractivity contribution in [3.05, 3.63) is 23.5 Å². The highest BCUT2D eigenvalue weighted by molar-refractivity contribution is 5.88. The number of carbonyl (C=O) groups excluding carboxylic acids is 1. The zero-order valence-corrected chi connectivity index (χ0v) is 9.85. The first-order valence-electron chi connectivity index (χ1n) is 5.69. The molecule has 1 aromatic rings. The molecule has 0 aromatic carbocycles. The molecular formula is C12H16N2O3. The van der Waals surface area contributed by atoms with Crippen molar-refractivity contribution < 1.29 is 14.6 Å². The summed E-state index contributed by atoms with van der Waals surface area (Å²) in [7, 11) is 1.32. The number of aliphatic hydroxyl groups excluding tert-OH is 1. The highest BCUT2D eigenvalue weighted by atomic mass is 16.5. The second-order valence-electron chi connectivity index (χ2n) is 4.05. The molecule has 0 radical (unpaired) electrons. The Hall–Kier alpha value is -1.62. The Morgan fingerprint density at radius 3 is 2.76 bits per heavy atom. The summed E-state index contributed by atoms with van der Waals surface area (Å²) < 4.78 is 4.65. The topological polar surface area (TPSA) is 62.7 Å². The Bertz CT molecular complexity index is 414. The fourth-order valence-electron chi connectivity index (χ4n) is 2.02. The molecule has 2 heterocycles. The van der Waals surface area contributed by atoms with E-state index in [1.807, 2.05) is 6.07 Å². The van der Waals surface area contributed by atoms with Gasteiger partial charge in [0.2, 0.25) is 0 Å². The number of methoxy groups -OCH3 is 1. The number of hydrogen-bond acceptors (Lipinski definition) is 5. The molecule has 1 aliphatic heterocycles. The normalized spacial score (nSPS) is 15.1. The minimum absolute atomic E-state index is 0.175. The van der Waals surface area contributed by atoms with Crippen LogP contribution >= 0.6 is 0 Å². The van der Waals surface area contributed by atoms with Crippen molar-refractivity contribution in [1.29, 1.82) is 0 Å². The van der Waals surface area contributed by atoms with E-state index in [0.717, 1.165) is 31.6 Å². The monoisotopic (exact) mass is 236 g/mol. The molecule has 0 amide bonds. The summed E-state index contributed by atoms with van der Waals surface area (Å²) in [6, 6.07) is 3.54. The molecule has 0 unspecified atom stereocenters. The Kier molecular flexibility index (Phi) is 3.58. The molecule has 1 saturated heterocycles. The van der Waals surface area contributed by atoms with Crippen molar-refractivity contribution in [3.8, 4) is 0 Å². The average molecular weight is 236 g/mol. The van der Waals surface area contributed by atoms with Crippen LogP contribution in [0.5, 0.6) is 0 Å². The maximum Gasteiger partial charge on any atom is 0.356 e. The van der Waals surface area contributed by atoms with Crippen LogP contribution in [0.1, 0.15) is 29.0 Å². The van der Waals surface area contributed by atoms with E-state index in [0.29, 0.717) is 5.69 Å². The van der Waals surface area contributed by atoms with E-state index in [2.05, 4.69) is 14.6 Å². The SMILES string of the molecule is COC(=O)c1cc(N2CCCC2)cc(CO)n1. The molecule has 0 atom stereocenters. The van der Waals surface area contributed by atoms with Crippen LogP contribution in [0.2, 0.25) is 0 Å². The average Bonchev–Trinajstić information content (AvgIpc) is 2.91. The molecule has 5 nitrogen and oxygen atoms in total. The molecule has 92 valence electrons. The zero-order valence-electron chi connectivity index (χ0n) is 9.85. The van der Waals surface area contributed by atoms with E-state index in [1.54, 1.807) is 6.07 Å². The minimum Gasteiger partial charge on any atom is -0.464 e. The van der Waals surface area contributed by atoms with Crippen LogP contribution in [0, 0.1) is 0 Å². The lowest BCUT2D eigenvalue weighted by Crippen LogP contribution is -2.19. The fraction of sp³-hybridized carbons (Fsp3) is 0.500. The molecule has 5 heteroatoms. The van der Waals surface area contributed by atoms with Gasteiger partial charge in [-0.3, -0.25) is 0 Å². The first-order valence-corrected chi connectivity index (χ1v) is 5.69. The van der Waals surface area contributed by atoms with Gasteiger partial charge in [0, 0.05) is 18.8 Å². The van der Waals surface area contributed by atoms with Gasteiger partial charge in [0.15, 0.2) is 5.69 Å². The molecule has 0 spiro atoms. The van der Waals surface area contributed by atoms with E-state index in [9.17, 15) is 4.79 Å². The van der Waals surface area contributed by atoms with Gasteiger partial charge in [-0.1, -0.05) is 0 Å². The number of anilines is 1. The van der Waals surface area contributed by atoms with Crippen molar-refractivity contribution >= 4 is 11.7 Å². The van der Waals surface area contributed by atoms with Gasteiger partial charge in [-0.15, -0.1) is 0 Å². The summed E-state index contributed by atoms with van der Waals surface area (Å²) in [6.07, 6.45) is 2.31. The highest BCUT2D eigenvalue weighted by Gasteiger charge is 2.16. The third-order valence-corrected chi connectivity index (χ3v) is 2.89. The van der Waals surface area contributed by atoms with Crippen LogP contribution in [0.3, 0.4) is 0 Å². The summed E-state index contributed by atoms with van der Waals surface area (Å²) in [4.78, 5) is 17.7. The van der Waals surface area contributed by atoms with Gasteiger partial charge in [0.25, 0.3) is 0 Å². The van der Waals surface area contributed by atoms with Crippen LogP contribution in [-0.2, 0) is 11.3 Å². The number of rotatable bonds is 3. The lowest BCUT2D eigenvalue weighted by molar-refractivity contribution is 0.0593. The molecule has 1 aromatic heterocycles. The van der Waals surface area contributed by atoms with Crippen LogP contribution in [-0.4, -0.2) is 36.3 Å². The van der Waals surface area contributed by atoms with E-state index >= 15 is 0 Å². The zero-order chi connectivity index (χ0) is 12.3. The minimum atomic E-state index is -0.472. The molecule has 0 saturated carbocycles. The van der Waals surface area contributed by atoms with Crippen molar-refractivity contribution in [1.82, 2.24) is 4.98 Å². The molecule has 0 bridgehead atoms. The number of hydrogen-bond donors (Lipinski definition) is 1. The van der Waals surface area contributed by atoms with Crippen molar-refractivity contribution in [2.75, 3.05) is 25.1 Å². The summed E-state index contributed by atoms with van der Waals surface area (Å²) in [6.45, 7) is 1.79. The molecule has 1 N–H and O–H groups in total. The lowest BCUT2D eigenvalue weighted by atomic mass is 10.2. The number of ether oxygens (including phenoxy) is 1. The van der Waals surface area contributed by atoms with Gasteiger partial charge in [-0.25, -0.2) is 9.78 Å². The third kappa shape index (κ3) is 2.55. The van der Waals surface area contributed by atoms with Gasteiger partial charge < -0.3 is 14.7 Å². The number of nitrogens with zero attached hydrogens (tertiary/aromatic N) is 2. The first-order chi connectivity index (χ1) is 8.24. The summed E-state index contributed by atoms with van der Waals surface area (Å²) in [5, 5.41) is 9.15. The van der Waals surface area contributed by atoms with Crippen molar-refractivity contribution in [2.45, 2.75) is 19.4 Å². The smallest absolute Gasteiger partial charge is 0.356 e. The number of aliphatic hydroxyl groups is 1. The highest BCUT2D eigenvalue weighted by Crippen LogP contribution is 2.22. The maximum atomic E-state index is 11.5. The summed E-state index contributed by atoms with van der Waals surface area (Å²) >= 11 is 0. The molecule has 0 aliphatic carbocycles. The molecular weight excluding hydrogens is 220 g/mol. The lowest BCUT2D eigenvalue weighted by Gasteiger charge is -2.18. The Morgan fingerprint density at radius 2 is 2.18 bits per heavy atom. The van der Waals surface area contributed by atoms with Crippen molar-refractivity contribution in [3.63, 3.8) is 0 Å². The van der Waals surface area contributed by atoms with Crippen LogP contribution in [0.25, 0.3) is 0 Å². The number of pyridine rings is 1. The Morgan fingerprint density at radius 1 is 1.47 bits per heavy atom. The summed E-state index contributed by atoms with van der Waals surface area (Å²) in [5.74, 6) is -0.472. The van der Waals surface area contributed by atoms with Crippen LogP contribution < -0.4 is 4.90 Å². The molecule has 1 fully saturated rings. The maximum absolute atomic E-state index is 11.5. The largest absolute Gasteiger partial charge is 0.464 e. The van der Waals surface area contributed by atoms with E-state index in [4.69, 9.17) is 5.11 Å². The standard InChI is InChI=1S/C12H16N2O3/c1-17-12(16)11-7-10(6-9(8-15)13-11)14-4-2-3-5-14/h6-7,15H,2-5,8H2,1H3. The second-order valence-corrected chi connectivity index (χ2v) is 4.05. The van der Waals surface area contributed by atoms with Gasteiger partial charge in [0.05, 0.1) is 19.4 Å². The van der Waals surface area contributed by atoms with E-state index in [-0.39, 0.29) is 12.3 Å². The predicted octanol–water partition coefficient (Wildman–Crippen LogP) is 0.961. The first kappa shape index (κ1) is 11.9. The predicted molar refractivity (Wildman–Crippen MR) is 62.9 cm³/mol. The molecule has 17 heavy (non-hydrogen) atoms. The van der Waals surface area contributed by atoms with E-state index in [1.165, 1.54) is 7.11 Å². The number of esters is 1.